The summed E-state index contributed by atoms with van der Waals surface area (Å²) in [6, 6.07) is 0. The van der Waals surface area contributed by atoms with Gasteiger partial charge in [0.2, 0.25) is 0 Å². The largest absolute Gasteiger partial charge is 0.469 e. The summed E-state index contributed by atoms with van der Waals surface area (Å²) in [5, 5.41) is 11.7. The van der Waals surface area contributed by atoms with Crippen molar-refractivity contribution in [1.29, 1.82) is 0 Å². The smallest absolute Gasteiger partial charge is 0.305 e. The van der Waals surface area contributed by atoms with Crippen LogP contribution in [-0.2, 0) is 9.53 Å². The molecule has 3 fully saturated rings. The molecule has 194 valence electrons. The van der Waals surface area contributed by atoms with Gasteiger partial charge in [0.1, 0.15) is 0 Å². The van der Waals surface area contributed by atoms with Gasteiger partial charge in [0.05, 0.1) is 12.7 Å². The maximum Gasteiger partial charge on any atom is 0.305 e. The van der Waals surface area contributed by atoms with Gasteiger partial charge in [0.25, 0.3) is 0 Å². The van der Waals surface area contributed by atoms with E-state index in [1.807, 2.05) is 0 Å². The lowest BCUT2D eigenvalue weighted by Gasteiger charge is -2.66. The number of esters is 1. The van der Waals surface area contributed by atoms with Crippen LogP contribution in [0.1, 0.15) is 113 Å². The highest BCUT2D eigenvalue weighted by Crippen LogP contribution is 2.74. The maximum atomic E-state index is 12.2. The summed E-state index contributed by atoms with van der Waals surface area (Å²) in [5.74, 6) is 1.88. The number of allylic oxidation sites excluding steroid dienone is 3. The van der Waals surface area contributed by atoms with E-state index in [4.69, 9.17) is 4.74 Å². The molecular weight excluding hydrogens is 420 g/mol. The summed E-state index contributed by atoms with van der Waals surface area (Å²) in [7, 11) is 1.50. The molecule has 0 saturated heterocycles. The number of carbonyl (C=O) groups is 1. The van der Waals surface area contributed by atoms with Crippen molar-refractivity contribution in [3.8, 4) is 0 Å². The third-order valence-electron chi connectivity index (χ3n) is 11.4. The van der Waals surface area contributed by atoms with Crippen LogP contribution in [0, 0.1) is 39.9 Å². The Morgan fingerprint density at radius 3 is 2.32 bits per heavy atom. The predicted molar refractivity (Wildman–Crippen MR) is 141 cm³/mol. The summed E-state index contributed by atoms with van der Waals surface area (Å²) >= 11 is 0. The lowest BCUT2D eigenvalue weighted by Crippen LogP contribution is -2.60. The van der Waals surface area contributed by atoms with Crippen molar-refractivity contribution in [1.82, 2.24) is 0 Å². The predicted octanol–water partition coefficient (Wildman–Crippen LogP) is 7.88. The van der Waals surface area contributed by atoms with Crippen molar-refractivity contribution in [2.24, 2.45) is 39.9 Å². The summed E-state index contributed by atoms with van der Waals surface area (Å²) in [4.78, 5) is 12.2. The molecule has 1 N–H and O–H groups in total. The van der Waals surface area contributed by atoms with Crippen molar-refractivity contribution in [2.45, 2.75) is 118 Å². The normalized spacial score (nSPS) is 41.1. The van der Waals surface area contributed by atoms with Crippen LogP contribution < -0.4 is 0 Å². The third-order valence-corrected chi connectivity index (χ3v) is 11.4. The lowest BCUT2D eigenvalue weighted by atomic mass is 9.38. The molecule has 0 aliphatic heterocycles. The van der Waals surface area contributed by atoms with E-state index in [2.05, 4.69) is 61.1 Å². The van der Waals surface area contributed by atoms with E-state index in [0.717, 1.165) is 32.1 Å². The molecule has 3 nitrogen and oxygen atoms in total. The zero-order valence-electron chi connectivity index (χ0n) is 23.4. The molecule has 3 aliphatic carbocycles. The molecule has 3 aliphatic rings. The molecule has 8 atom stereocenters. The summed E-state index contributed by atoms with van der Waals surface area (Å²) in [6.07, 6.45) is 12.6. The zero-order valence-corrected chi connectivity index (χ0v) is 23.4. The van der Waals surface area contributed by atoms with Gasteiger partial charge >= 0.3 is 5.97 Å². The Labute approximate surface area is 209 Å². The standard InChI is InChI=1S/C31H52O3/c1-21(2)11-10-17-31(8,33)25-15-19-29(6)24(25)12-13-26-28(5,18-16-27(32)34-9)23(22(3)4)14-20-30(26,29)7/h11,23-26,33H,3,10,12-20H2,1-2,4-9H3. The van der Waals surface area contributed by atoms with Crippen LogP contribution in [0.4, 0.5) is 0 Å². The SMILES string of the molecule is C=C(C)C1CCC2(C)C(CCC3C(C(C)(O)CCC=C(C)C)CCC32C)C1(C)CCC(=O)OC. The van der Waals surface area contributed by atoms with Crippen molar-refractivity contribution >= 4 is 5.97 Å². The second kappa shape index (κ2) is 9.75. The van der Waals surface area contributed by atoms with Crippen LogP contribution in [-0.4, -0.2) is 23.8 Å². The molecular formula is C31H52O3. The quantitative estimate of drug-likeness (QED) is 0.289. The molecule has 3 rings (SSSR count). The van der Waals surface area contributed by atoms with Crippen molar-refractivity contribution < 1.29 is 14.6 Å². The van der Waals surface area contributed by atoms with Crippen molar-refractivity contribution in [2.75, 3.05) is 7.11 Å². The number of hydrogen-bond acceptors (Lipinski definition) is 3. The first kappa shape index (κ1) is 27.5. The van der Waals surface area contributed by atoms with Crippen LogP contribution in [0.2, 0.25) is 0 Å². The van der Waals surface area contributed by atoms with E-state index in [9.17, 15) is 9.90 Å². The highest BCUT2D eigenvalue weighted by molar-refractivity contribution is 5.69. The average Bonchev–Trinajstić information content (AvgIpc) is 3.11. The van der Waals surface area contributed by atoms with E-state index < -0.39 is 5.60 Å². The van der Waals surface area contributed by atoms with Gasteiger partial charge in [0, 0.05) is 6.42 Å². The third kappa shape index (κ3) is 4.56. The monoisotopic (exact) mass is 472 g/mol. The van der Waals surface area contributed by atoms with Gasteiger partial charge in [0.15, 0.2) is 0 Å². The molecule has 0 bridgehead atoms. The maximum absolute atomic E-state index is 12.2. The number of fused-ring (bicyclic) bond motifs is 3. The highest BCUT2D eigenvalue weighted by atomic mass is 16.5. The molecule has 0 spiro atoms. The topological polar surface area (TPSA) is 46.5 Å². The average molecular weight is 473 g/mol. The number of ether oxygens (including phenoxy) is 1. The Morgan fingerprint density at radius 1 is 1.09 bits per heavy atom. The molecule has 3 heteroatoms. The Balaban J connectivity index is 1.91. The summed E-state index contributed by atoms with van der Waals surface area (Å²) in [6.45, 7) is 20.5. The van der Waals surface area contributed by atoms with Gasteiger partial charge in [-0.1, -0.05) is 44.6 Å². The fourth-order valence-corrected chi connectivity index (χ4v) is 9.33. The molecule has 8 unspecified atom stereocenters. The Morgan fingerprint density at radius 2 is 1.74 bits per heavy atom. The van der Waals surface area contributed by atoms with Crippen LogP contribution in [0.25, 0.3) is 0 Å². The minimum Gasteiger partial charge on any atom is -0.469 e. The van der Waals surface area contributed by atoms with Gasteiger partial charge in [-0.15, -0.1) is 0 Å². The molecule has 0 heterocycles. The fourth-order valence-electron chi connectivity index (χ4n) is 9.33. The number of hydrogen-bond donors (Lipinski definition) is 1. The first-order valence-electron chi connectivity index (χ1n) is 13.8. The molecule has 0 radical (unpaired) electrons. The number of aliphatic hydroxyl groups is 1. The first-order valence-corrected chi connectivity index (χ1v) is 13.8. The van der Waals surface area contributed by atoms with Crippen LogP contribution >= 0.6 is 0 Å². The molecule has 0 amide bonds. The van der Waals surface area contributed by atoms with Crippen molar-refractivity contribution in [3.05, 3.63) is 23.8 Å². The zero-order chi connectivity index (χ0) is 25.5. The summed E-state index contributed by atoms with van der Waals surface area (Å²) < 4.78 is 5.04. The summed E-state index contributed by atoms with van der Waals surface area (Å²) in [5.41, 5.74) is 2.51. The van der Waals surface area contributed by atoms with E-state index in [1.54, 1.807) is 0 Å². The minimum atomic E-state index is -0.610. The molecule has 0 aromatic rings. The Bertz CT molecular complexity index is 805. The van der Waals surface area contributed by atoms with Gasteiger partial charge in [-0.05, 0) is 125 Å². The van der Waals surface area contributed by atoms with Crippen LogP contribution in [0.15, 0.2) is 23.8 Å². The van der Waals surface area contributed by atoms with E-state index in [0.29, 0.717) is 30.1 Å². The molecule has 34 heavy (non-hydrogen) atoms. The first-order chi connectivity index (χ1) is 15.7. The fraction of sp³-hybridized carbons (Fsp3) is 0.839. The number of methoxy groups -OCH3 is 1. The molecule has 3 saturated carbocycles. The van der Waals surface area contributed by atoms with E-state index >= 15 is 0 Å². The number of rotatable bonds is 8. The van der Waals surface area contributed by atoms with E-state index in [1.165, 1.54) is 43.9 Å². The van der Waals surface area contributed by atoms with Crippen LogP contribution in [0.5, 0.6) is 0 Å². The molecule has 0 aromatic carbocycles. The van der Waals surface area contributed by atoms with E-state index in [-0.39, 0.29) is 22.2 Å². The second-order valence-corrected chi connectivity index (χ2v) is 13.4. The number of carbonyl (C=O) groups excluding carboxylic acids is 1. The van der Waals surface area contributed by atoms with Gasteiger partial charge in [-0.2, -0.15) is 0 Å². The Hall–Kier alpha value is -1.09. The minimum absolute atomic E-state index is 0.0606. The second-order valence-electron chi connectivity index (χ2n) is 13.4. The highest BCUT2D eigenvalue weighted by Gasteiger charge is 2.67. The lowest BCUT2D eigenvalue weighted by molar-refractivity contribution is -0.179. The van der Waals surface area contributed by atoms with Crippen molar-refractivity contribution in [3.63, 3.8) is 0 Å². The van der Waals surface area contributed by atoms with Gasteiger partial charge < -0.3 is 9.84 Å². The van der Waals surface area contributed by atoms with Crippen LogP contribution in [0.3, 0.4) is 0 Å². The molecule has 0 aromatic heterocycles. The van der Waals surface area contributed by atoms with Gasteiger partial charge in [-0.3, -0.25) is 4.79 Å². The van der Waals surface area contributed by atoms with Gasteiger partial charge in [-0.25, -0.2) is 0 Å². The Kier molecular flexibility index (Phi) is 7.89.